The molecule has 1 aliphatic heterocycles. The van der Waals surface area contributed by atoms with E-state index in [2.05, 4.69) is 24.3 Å². The van der Waals surface area contributed by atoms with Crippen LogP contribution < -0.4 is 0 Å². The number of thioether (sulfide) groups is 1. The molecule has 0 radical (unpaired) electrons. The van der Waals surface area contributed by atoms with Crippen LogP contribution in [-0.2, 0) is 21.2 Å². The van der Waals surface area contributed by atoms with Gasteiger partial charge in [0.15, 0.2) is 9.84 Å². The van der Waals surface area contributed by atoms with Crippen molar-refractivity contribution in [1.82, 2.24) is 4.90 Å². The van der Waals surface area contributed by atoms with Crippen LogP contribution in [0.4, 0.5) is 0 Å². The molecule has 7 heteroatoms. The smallest absolute Gasteiger partial charge is 0.233 e. The van der Waals surface area contributed by atoms with Crippen molar-refractivity contribution in [3.63, 3.8) is 0 Å². The van der Waals surface area contributed by atoms with E-state index in [0.717, 1.165) is 15.2 Å². The first-order valence-electron chi connectivity index (χ1n) is 9.14. The Labute approximate surface area is 173 Å². The van der Waals surface area contributed by atoms with E-state index in [4.69, 9.17) is 0 Å². The van der Waals surface area contributed by atoms with Gasteiger partial charge in [0.05, 0.1) is 23.8 Å². The minimum Gasteiger partial charge on any atom is -0.333 e. The molecule has 28 heavy (non-hydrogen) atoms. The van der Waals surface area contributed by atoms with Crippen molar-refractivity contribution >= 4 is 49.6 Å². The fraction of sp³-hybridized carbons (Fsp3) is 0.286. The second-order valence-corrected chi connectivity index (χ2v) is 11.3. The Bertz CT molecular complexity index is 1080. The first kappa shape index (κ1) is 19.5. The molecule has 146 valence electrons. The maximum atomic E-state index is 13.0. The van der Waals surface area contributed by atoms with Crippen molar-refractivity contribution < 1.29 is 13.2 Å². The van der Waals surface area contributed by atoms with Crippen LogP contribution in [0.2, 0.25) is 0 Å². The standard InChI is InChI=1S/C21H21NO3S3/c23-21(14-27-19-8-7-16-4-1-2-5-17(16)12-19)22(13-20-6-3-10-26-20)18-9-11-28(24,25)15-18/h1-8,10,12,18H,9,11,13-15H2. The third kappa shape index (κ3) is 4.59. The van der Waals surface area contributed by atoms with Gasteiger partial charge in [0.1, 0.15) is 0 Å². The molecule has 1 aromatic heterocycles. The Balaban J connectivity index is 1.48. The van der Waals surface area contributed by atoms with Crippen LogP contribution in [0.15, 0.2) is 64.9 Å². The number of nitrogens with zero attached hydrogens (tertiary/aromatic N) is 1. The third-order valence-corrected chi connectivity index (χ3v) is 8.55. The van der Waals surface area contributed by atoms with Gasteiger partial charge in [-0.3, -0.25) is 4.79 Å². The molecule has 1 fully saturated rings. The zero-order chi connectivity index (χ0) is 19.6. The summed E-state index contributed by atoms with van der Waals surface area (Å²) in [5.74, 6) is 0.544. The molecule has 2 heterocycles. The maximum absolute atomic E-state index is 13.0. The zero-order valence-corrected chi connectivity index (χ0v) is 17.7. The van der Waals surface area contributed by atoms with Gasteiger partial charge in [-0.25, -0.2) is 8.42 Å². The lowest BCUT2D eigenvalue weighted by molar-refractivity contribution is -0.130. The van der Waals surface area contributed by atoms with Crippen LogP contribution in [0.3, 0.4) is 0 Å². The van der Waals surface area contributed by atoms with E-state index in [1.807, 2.05) is 35.7 Å². The van der Waals surface area contributed by atoms with Crippen molar-refractivity contribution in [3.8, 4) is 0 Å². The Morgan fingerprint density at radius 1 is 1.11 bits per heavy atom. The van der Waals surface area contributed by atoms with Gasteiger partial charge in [-0.05, 0) is 40.8 Å². The second-order valence-electron chi connectivity index (χ2n) is 6.96. The lowest BCUT2D eigenvalue weighted by atomic mass is 10.1. The lowest BCUT2D eigenvalue weighted by Crippen LogP contribution is -2.41. The van der Waals surface area contributed by atoms with E-state index in [1.165, 1.54) is 17.1 Å². The average molecular weight is 432 g/mol. The van der Waals surface area contributed by atoms with Gasteiger partial charge in [-0.2, -0.15) is 0 Å². The number of carbonyl (C=O) groups is 1. The summed E-state index contributed by atoms with van der Waals surface area (Å²) in [5, 5.41) is 4.30. The first-order valence-corrected chi connectivity index (χ1v) is 12.8. The summed E-state index contributed by atoms with van der Waals surface area (Å²) in [6, 6.07) is 18.1. The van der Waals surface area contributed by atoms with Gasteiger partial charge in [-0.1, -0.05) is 36.4 Å². The quantitative estimate of drug-likeness (QED) is 0.549. The Morgan fingerprint density at radius 3 is 2.64 bits per heavy atom. The molecule has 1 unspecified atom stereocenters. The number of amides is 1. The predicted molar refractivity (Wildman–Crippen MR) is 117 cm³/mol. The minimum atomic E-state index is -3.04. The number of hydrogen-bond donors (Lipinski definition) is 0. The highest BCUT2D eigenvalue weighted by molar-refractivity contribution is 8.00. The summed E-state index contributed by atoms with van der Waals surface area (Å²) in [4.78, 5) is 16.9. The minimum absolute atomic E-state index is 0.00587. The summed E-state index contributed by atoms with van der Waals surface area (Å²) in [7, 11) is -3.04. The van der Waals surface area contributed by atoms with Crippen molar-refractivity contribution in [1.29, 1.82) is 0 Å². The first-order chi connectivity index (χ1) is 13.5. The van der Waals surface area contributed by atoms with E-state index in [9.17, 15) is 13.2 Å². The molecule has 3 aromatic rings. The Hall–Kier alpha value is -1.83. The van der Waals surface area contributed by atoms with Gasteiger partial charge in [0.2, 0.25) is 5.91 Å². The summed E-state index contributed by atoms with van der Waals surface area (Å²) < 4.78 is 23.9. The number of thiophene rings is 1. The molecule has 4 rings (SSSR count). The lowest BCUT2D eigenvalue weighted by Gasteiger charge is -2.28. The molecule has 1 saturated heterocycles. The van der Waals surface area contributed by atoms with Crippen molar-refractivity contribution in [2.45, 2.75) is 23.9 Å². The number of carbonyl (C=O) groups excluding carboxylic acids is 1. The van der Waals surface area contributed by atoms with Gasteiger partial charge in [0, 0.05) is 15.8 Å². The van der Waals surface area contributed by atoms with Crippen LogP contribution in [-0.4, -0.2) is 42.5 Å². The molecule has 1 amide bonds. The molecule has 4 nitrogen and oxygen atoms in total. The molecule has 0 bridgehead atoms. The van der Waals surface area contributed by atoms with E-state index < -0.39 is 9.84 Å². The van der Waals surface area contributed by atoms with Gasteiger partial charge in [0.25, 0.3) is 0 Å². The molecule has 2 aromatic carbocycles. The molecular formula is C21H21NO3S3. The summed E-state index contributed by atoms with van der Waals surface area (Å²) in [5.41, 5.74) is 0. The predicted octanol–water partition coefficient (Wildman–Crippen LogP) is 4.21. The van der Waals surface area contributed by atoms with Gasteiger partial charge < -0.3 is 4.90 Å². The fourth-order valence-corrected chi connectivity index (χ4v) is 6.76. The maximum Gasteiger partial charge on any atom is 0.233 e. The summed E-state index contributed by atoms with van der Waals surface area (Å²) >= 11 is 3.10. The van der Waals surface area contributed by atoms with Crippen LogP contribution in [0.25, 0.3) is 10.8 Å². The monoisotopic (exact) mass is 431 g/mol. The van der Waals surface area contributed by atoms with E-state index in [-0.39, 0.29) is 23.5 Å². The van der Waals surface area contributed by atoms with E-state index in [1.54, 1.807) is 16.2 Å². The number of fused-ring (bicyclic) bond motifs is 1. The molecular weight excluding hydrogens is 410 g/mol. The molecule has 0 aliphatic carbocycles. The topological polar surface area (TPSA) is 54.5 Å². The SMILES string of the molecule is O=C(CSc1ccc2ccccc2c1)N(Cc1cccs1)C1CCS(=O)(=O)C1. The van der Waals surface area contributed by atoms with Gasteiger partial charge >= 0.3 is 0 Å². The molecule has 1 atom stereocenters. The highest BCUT2D eigenvalue weighted by Crippen LogP contribution is 2.26. The van der Waals surface area contributed by atoms with Crippen molar-refractivity contribution in [2.24, 2.45) is 0 Å². The van der Waals surface area contributed by atoms with Crippen LogP contribution >= 0.6 is 23.1 Å². The van der Waals surface area contributed by atoms with Crippen molar-refractivity contribution in [3.05, 3.63) is 64.9 Å². The van der Waals surface area contributed by atoms with Crippen molar-refractivity contribution in [2.75, 3.05) is 17.3 Å². The fourth-order valence-electron chi connectivity index (χ4n) is 3.50. The molecule has 0 spiro atoms. The molecule has 0 N–H and O–H groups in total. The number of rotatable bonds is 6. The van der Waals surface area contributed by atoms with E-state index in [0.29, 0.717) is 18.7 Å². The molecule has 1 aliphatic rings. The Kier molecular flexibility index (Phi) is 5.75. The highest BCUT2D eigenvalue weighted by Gasteiger charge is 2.34. The zero-order valence-electron chi connectivity index (χ0n) is 15.3. The Morgan fingerprint density at radius 2 is 1.93 bits per heavy atom. The second kappa shape index (κ2) is 8.27. The van der Waals surface area contributed by atoms with Crippen LogP contribution in [0.5, 0.6) is 0 Å². The third-order valence-electron chi connectivity index (χ3n) is 4.96. The number of hydrogen-bond acceptors (Lipinski definition) is 5. The van der Waals surface area contributed by atoms with E-state index >= 15 is 0 Å². The van der Waals surface area contributed by atoms with Crippen LogP contribution in [0, 0.1) is 0 Å². The molecule has 0 saturated carbocycles. The van der Waals surface area contributed by atoms with Gasteiger partial charge in [-0.15, -0.1) is 23.1 Å². The number of sulfone groups is 1. The number of benzene rings is 2. The normalized spacial score (nSPS) is 18.4. The summed E-state index contributed by atoms with van der Waals surface area (Å²) in [6.45, 7) is 0.481. The highest BCUT2D eigenvalue weighted by atomic mass is 32.2. The largest absolute Gasteiger partial charge is 0.333 e. The van der Waals surface area contributed by atoms with Crippen LogP contribution in [0.1, 0.15) is 11.3 Å². The summed E-state index contributed by atoms with van der Waals surface area (Å²) in [6.07, 6.45) is 0.528. The average Bonchev–Trinajstić information content (AvgIpc) is 3.33.